The Morgan fingerprint density at radius 1 is 1.24 bits per heavy atom. The summed E-state index contributed by atoms with van der Waals surface area (Å²) in [5, 5.41) is 14.1. The summed E-state index contributed by atoms with van der Waals surface area (Å²) in [6.45, 7) is 2.08. The molecule has 0 spiro atoms. The predicted octanol–water partition coefficient (Wildman–Crippen LogP) is 2.42. The van der Waals surface area contributed by atoms with E-state index >= 15 is 0 Å². The summed E-state index contributed by atoms with van der Waals surface area (Å²) >= 11 is 1.70. The Bertz CT molecular complexity index is 725. The average molecular weight is 359 g/mol. The van der Waals surface area contributed by atoms with Gasteiger partial charge < -0.3 is 15.3 Å². The van der Waals surface area contributed by atoms with Crippen molar-refractivity contribution in [3.8, 4) is 0 Å². The van der Waals surface area contributed by atoms with Crippen LogP contribution in [0.2, 0.25) is 0 Å². The molecule has 0 unspecified atom stereocenters. The quantitative estimate of drug-likeness (QED) is 0.828. The van der Waals surface area contributed by atoms with Gasteiger partial charge in [-0.15, -0.1) is 11.3 Å². The molecule has 2 aromatic heterocycles. The molecule has 2 aromatic rings. The zero-order valence-electron chi connectivity index (χ0n) is 13.9. The largest absolute Gasteiger partial charge is 0.477 e. The number of nitrogens with one attached hydrogen (secondary N) is 1. The Kier molecular flexibility index (Phi) is 5.65. The van der Waals surface area contributed by atoms with Crippen molar-refractivity contribution in [2.45, 2.75) is 19.3 Å². The fourth-order valence-electron chi connectivity index (χ4n) is 3.00. The predicted molar refractivity (Wildman–Crippen MR) is 97.2 cm³/mol. The Labute approximate surface area is 150 Å². The topological polar surface area (TPSA) is 82.5 Å². The first-order valence-corrected chi connectivity index (χ1v) is 9.27. The second-order valence-electron chi connectivity index (χ2n) is 6.07. The van der Waals surface area contributed by atoms with E-state index in [9.17, 15) is 9.59 Å². The molecule has 0 radical (unpaired) electrons. The first-order valence-electron chi connectivity index (χ1n) is 8.39. The van der Waals surface area contributed by atoms with E-state index in [2.05, 4.69) is 16.4 Å². The highest BCUT2D eigenvalue weighted by atomic mass is 32.1. The molecule has 1 aliphatic heterocycles. The summed E-state index contributed by atoms with van der Waals surface area (Å²) in [4.78, 5) is 30.8. The Morgan fingerprint density at radius 2 is 2.04 bits per heavy atom. The molecule has 1 fully saturated rings. The van der Waals surface area contributed by atoms with E-state index in [-0.39, 0.29) is 17.5 Å². The van der Waals surface area contributed by atoms with E-state index in [1.54, 1.807) is 17.4 Å². The molecule has 0 aliphatic carbocycles. The highest BCUT2D eigenvalue weighted by Gasteiger charge is 2.25. The lowest BCUT2D eigenvalue weighted by Gasteiger charge is -2.32. The summed E-state index contributed by atoms with van der Waals surface area (Å²) in [5.74, 6) is -0.232. The summed E-state index contributed by atoms with van der Waals surface area (Å²) in [5.41, 5.74) is 0.0472. The summed E-state index contributed by atoms with van der Waals surface area (Å²) < 4.78 is 0. The lowest BCUT2D eigenvalue weighted by Crippen LogP contribution is -2.41. The number of rotatable bonds is 6. The first kappa shape index (κ1) is 17.4. The van der Waals surface area contributed by atoms with Gasteiger partial charge >= 0.3 is 5.97 Å². The number of carboxylic acid groups (broad SMARTS) is 1. The molecule has 0 saturated carbocycles. The third-order valence-electron chi connectivity index (χ3n) is 4.39. The minimum Gasteiger partial charge on any atom is -0.477 e. The van der Waals surface area contributed by atoms with Gasteiger partial charge in [0.1, 0.15) is 5.82 Å². The molecule has 3 rings (SSSR count). The molecule has 0 bridgehead atoms. The van der Waals surface area contributed by atoms with Crippen molar-refractivity contribution in [2.75, 3.05) is 24.5 Å². The number of nitrogens with zero attached hydrogens (tertiary/aromatic N) is 2. The minimum absolute atomic E-state index is 0.0160. The van der Waals surface area contributed by atoms with Gasteiger partial charge in [0, 0.05) is 30.4 Å². The van der Waals surface area contributed by atoms with Gasteiger partial charge in [-0.05, 0) is 42.8 Å². The van der Waals surface area contributed by atoms with E-state index in [4.69, 9.17) is 5.11 Å². The highest BCUT2D eigenvalue weighted by Crippen LogP contribution is 2.22. The van der Waals surface area contributed by atoms with Crippen LogP contribution in [0.15, 0.2) is 35.7 Å². The molecular weight excluding hydrogens is 338 g/mol. The zero-order chi connectivity index (χ0) is 17.6. The lowest BCUT2D eigenvalue weighted by atomic mass is 9.96. The number of thiophene rings is 1. The van der Waals surface area contributed by atoms with Crippen LogP contribution in [-0.4, -0.2) is 41.6 Å². The standard InChI is InChI=1S/C18H21N3O3S/c22-17(19-9-6-14-3-2-12-25-14)13-7-10-21(11-8-13)16-5-1-4-15(20-16)18(23)24/h1-5,12-13H,6-11H2,(H,19,22)(H,23,24). The highest BCUT2D eigenvalue weighted by molar-refractivity contribution is 7.09. The van der Waals surface area contributed by atoms with Crippen LogP contribution in [0.1, 0.15) is 28.2 Å². The molecule has 7 heteroatoms. The van der Waals surface area contributed by atoms with Crippen LogP contribution in [0.4, 0.5) is 5.82 Å². The molecule has 1 aliphatic rings. The summed E-state index contributed by atoms with van der Waals surface area (Å²) in [6.07, 6.45) is 2.38. The van der Waals surface area contributed by atoms with Crippen LogP contribution < -0.4 is 10.2 Å². The van der Waals surface area contributed by atoms with Gasteiger partial charge in [-0.3, -0.25) is 4.79 Å². The normalized spacial score (nSPS) is 15.1. The SMILES string of the molecule is O=C(O)c1cccc(N2CCC(C(=O)NCCc3cccs3)CC2)n1. The molecule has 132 valence electrons. The van der Waals surface area contributed by atoms with Crippen LogP contribution in [0, 0.1) is 5.92 Å². The number of carbonyl (C=O) groups is 2. The van der Waals surface area contributed by atoms with Crippen LogP contribution >= 0.6 is 11.3 Å². The third kappa shape index (κ3) is 4.57. The van der Waals surface area contributed by atoms with Crippen molar-refractivity contribution in [2.24, 2.45) is 5.92 Å². The number of carbonyl (C=O) groups excluding carboxylic acids is 1. The number of aromatic nitrogens is 1. The molecule has 1 amide bonds. The van der Waals surface area contributed by atoms with E-state index in [1.807, 2.05) is 22.4 Å². The second-order valence-corrected chi connectivity index (χ2v) is 7.10. The number of pyridine rings is 1. The lowest BCUT2D eigenvalue weighted by molar-refractivity contribution is -0.125. The fraction of sp³-hybridized carbons (Fsp3) is 0.389. The third-order valence-corrected chi connectivity index (χ3v) is 5.33. The van der Waals surface area contributed by atoms with Crippen molar-refractivity contribution in [3.63, 3.8) is 0 Å². The van der Waals surface area contributed by atoms with Crippen molar-refractivity contribution in [3.05, 3.63) is 46.3 Å². The molecule has 0 aromatic carbocycles. The molecule has 3 heterocycles. The van der Waals surface area contributed by atoms with Crippen LogP contribution in [-0.2, 0) is 11.2 Å². The first-order chi connectivity index (χ1) is 12.1. The van der Waals surface area contributed by atoms with Gasteiger partial charge in [-0.1, -0.05) is 12.1 Å². The number of amides is 1. The molecule has 0 atom stereocenters. The summed E-state index contributed by atoms with van der Waals surface area (Å²) in [7, 11) is 0. The number of hydrogen-bond donors (Lipinski definition) is 2. The number of hydrogen-bond acceptors (Lipinski definition) is 5. The molecule has 1 saturated heterocycles. The Morgan fingerprint density at radius 3 is 2.72 bits per heavy atom. The monoisotopic (exact) mass is 359 g/mol. The smallest absolute Gasteiger partial charge is 0.354 e. The van der Waals surface area contributed by atoms with Crippen LogP contribution in [0.25, 0.3) is 0 Å². The van der Waals surface area contributed by atoms with Crippen molar-refractivity contribution >= 4 is 29.0 Å². The van der Waals surface area contributed by atoms with Gasteiger partial charge in [-0.25, -0.2) is 9.78 Å². The van der Waals surface area contributed by atoms with E-state index in [0.29, 0.717) is 25.5 Å². The molecular formula is C18H21N3O3S. The van der Waals surface area contributed by atoms with Gasteiger partial charge in [0.05, 0.1) is 0 Å². The maximum absolute atomic E-state index is 12.3. The average Bonchev–Trinajstić information content (AvgIpc) is 3.15. The van der Waals surface area contributed by atoms with Crippen molar-refractivity contribution < 1.29 is 14.7 Å². The van der Waals surface area contributed by atoms with E-state index in [0.717, 1.165) is 19.3 Å². The summed E-state index contributed by atoms with van der Waals surface area (Å²) in [6, 6.07) is 9.10. The van der Waals surface area contributed by atoms with Crippen molar-refractivity contribution in [1.29, 1.82) is 0 Å². The Balaban J connectivity index is 1.47. The second kappa shape index (κ2) is 8.11. The Hall–Kier alpha value is -2.41. The van der Waals surface area contributed by atoms with Crippen molar-refractivity contribution in [1.82, 2.24) is 10.3 Å². The molecule has 6 nitrogen and oxygen atoms in total. The van der Waals surface area contributed by atoms with Crippen LogP contribution in [0.3, 0.4) is 0 Å². The number of carboxylic acids is 1. The maximum atomic E-state index is 12.3. The molecule has 25 heavy (non-hydrogen) atoms. The van der Waals surface area contributed by atoms with Gasteiger partial charge in [0.25, 0.3) is 0 Å². The van der Waals surface area contributed by atoms with Gasteiger partial charge in [0.2, 0.25) is 5.91 Å². The maximum Gasteiger partial charge on any atom is 0.354 e. The molecule has 2 N–H and O–H groups in total. The van der Waals surface area contributed by atoms with Crippen LogP contribution in [0.5, 0.6) is 0 Å². The zero-order valence-corrected chi connectivity index (χ0v) is 14.7. The number of piperidine rings is 1. The number of aromatic carboxylic acids is 1. The van der Waals surface area contributed by atoms with Gasteiger partial charge in [-0.2, -0.15) is 0 Å². The van der Waals surface area contributed by atoms with E-state index in [1.165, 1.54) is 10.9 Å². The van der Waals surface area contributed by atoms with E-state index < -0.39 is 5.97 Å². The minimum atomic E-state index is -1.03. The fourth-order valence-corrected chi connectivity index (χ4v) is 3.71. The number of anilines is 1. The van der Waals surface area contributed by atoms with Gasteiger partial charge in [0.15, 0.2) is 5.69 Å².